The van der Waals surface area contributed by atoms with Gasteiger partial charge in [0.15, 0.2) is 0 Å². The molecule has 0 bridgehead atoms. The third-order valence-electron chi connectivity index (χ3n) is 1.46. The number of aldehydes is 1. The molecule has 0 unspecified atom stereocenters. The SMILES string of the molecule is Cc1ccc(N(N)CC=O)nc1. The number of rotatable bonds is 3. The lowest BCUT2D eigenvalue weighted by atomic mass is 10.3. The van der Waals surface area contributed by atoms with Gasteiger partial charge in [-0.2, -0.15) is 0 Å². The van der Waals surface area contributed by atoms with Crippen molar-refractivity contribution in [3.63, 3.8) is 0 Å². The monoisotopic (exact) mass is 165 g/mol. The summed E-state index contributed by atoms with van der Waals surface area (Å²) in [4.78, 5) is 14.1. The highest BCUT2D eigenvalue weighted by atomic mass is 16.1. The van der Waals surface area contributed by atoms with E-state index in [9.17, 15) is 4.79 Å². The van der Waals surface area contributed by atoms with E-state index in [1.807, 2.05) is 13.0 Å². The topological polar surface area (TPSA) is 59.2 Å². The Morgan fingerprint density at radius 3 is 2.92 bits per heavy atom. The van der Waals surface area contributed by atoms with Crippen molar-refractivity contribution >= 4 is 12.1 Å². The van der Waals surface area contributed by atoms with Crippen LogP contribution in [0.1, 0.15) is 5.56 Å². The number of pyridine rings is 1. The van der Waals surface area contributed by atoms with Gasteiger partial charge in [-0.1, -0.05) is 6.07 Å². The Bertz CT molecular complexity index is 258. The van der Waals surface area contributed by atoms with Crippen molar-refractivity contribution in [1.82, 2.24) is 4.98 Å². The molecular weight excluding hydrogens is 154 g/mol. The minimum Gasteiger partial charge on any atom is -0.301 e. The van der Waals surface area contributed by atoms with Gasteiger partial charge in [0, 0.05) is 6.20 Å². The summed E-state index contributed by atoms with van der Waals surface area (Å²) in [7, 11) is 0. The highest BCUT2D eigenvalue weighted by Crippen LogP contribution is 2.05. The average Bonchev–Trinajstić information content (AvgIpc) is 2.06. The molecule has 64 valence electrons. The van der Waals surface area contributed by atoms with Crippen LogP contribution in [-0.2, 0) is 4.79 Å². The first-order valence-corrected chi connectivity index (χ1v) is 3.62. The van der Waals surface area contributed by atoms with E-state index in [1.54, 1.807) is 12.3 Å². The van der Waals surface area contributed by atoms with Gasteiger partial charge >= 0.3 is 0 Å². The van der Waals surface area contributed by atoms with Crippen LogP contribution >= 0.6 is 0 Å². The van der Waals surface area contributed by atoms with Crippen LogP contribution in [0, 0.1) is 6.92 Å². The van der Waals surface area contributed by atoms with E-state index in [4.69, 9.17) is 5.84 Å². The fourth-order valence-corrected chi connectivity index (χ4v) is 0.804. The summed E-state index contributed by atoms with van der Waals surface area (Å²) in [5.74, 6) is 6.10. The van der Waals surface area contributed by atoms with Gasteiger partial charge in [0.1, 0.15) is 12.1 Å². The predicted octanol–water partition coefficient (Wildman–Crippen LogP) is 0.269. The van der Waals surface area contributed by atoms with Crippen LogP contribution in [0.3, 0.4) is 0 Å². The Labute approximate surface area is 71.0 Å². The maximum absolute atomic E-state index is 10.1. The number of hydrogen-bond donors (Lipinski definition) is 1. The molecule has 12 heavy (non-hydrogen) atoms. The van der Waals surface area contributed by atoms with E-state index in [1.165, 1.54) is 5.01 Å². The minimum absolute atomic E-state index is 0.163. The van der Waals surface area contributed by atoms with Gasteiger partial charge in [-0.15, -0.1) is 0 Å². The molecule has 0 radical (unpaired) electrons. The number of aromatic nitrogens is 1. The lowest BCUT2D eigenvalue weighted by Crippen LogP contribution is -2.33. The van der Waals surface area contributed by atoms with E-state index in [-0.39, 0.29) is 6.54 Å². The lowest BCUT2D eigenvalue weighted by molar-refractivity contribution is -0.106. The summed E-state index contributed by atoms with van der Waals surface area (Å²) >= 11 is 0. The summed E-state index contributed by atoms with van der Waals surface area (Å²) in [5.41, 5.74) is 1.07. The first kappa shape index (κ1) is 8.67. The van der Waals surface area contributed by atoms with Crippen molar-refractivity contribution < 1.29 is 4.79 Å². The quantitative estimate of drug-likeness (QED) is 0.397. The first-order chi connectivity index (χ1) is 5.74. The highest BCUT2D eigenvalue weighted by Gasteiger charge is 1.99. The fourth-order valence-electron chi connectivity index (χ4n) is 0.804. The maximum Gasteiger partial charge on any atom is 0.142 e. The molecule has 0 saturated heterocycles. The molecule has 2 N–H and O–H groups in total. The van der Waals surface area contributed by atoms with E-state index < -0.39 is 0 Å². The molecule has 0 aliphatic carbocycles. The van der Waals surface area contributed by atoms with Crippen LogP contribution < -0.4 is 10.9 Å². The van der Waals surface area contributed by atoms with Gasteiger partial charge in [0.2, 0.25) is 0 Å². The molecule has 1 aromatic heterocycles. The molecule has 0 amide bonds. The maximum atomic E-state index is 10.1. The molecule has 4 heteroatoms. The van der Waals surface area contributed by atoms with Crippen molar-refractivity contribution in [3.05, 3.63) is 23.9 Å². The zero-order valence-electron chi connectivity index (χ0n) is 6.90. The van der Waals surface area contributed by atoms with Gasteiger partial charge in [-0.25, -0.2) is 10.8 Å². The number of nitrogens with zero attached hydrogens (tertiary/aromatic N) is 2. The normalized spacial score (nSPS) is 9.50. The zero-order chi connectivity index (χ0) is 8.97. The first-order valence-electron chi connectivity index (χ1n) is 3.62. The Morgan fingerprint density at radius 1 is 1.67 bits per heavy atom. The van der Waals surface area contributed by atoms with E-state index >= 15 is 0 Å². The highest BCUT2D eigenvalue weighted by molar-refractivity contribution is 5.58. The van der Waals surface area contributed by atoms with E-state index in [0.29, 0.717) is 5.82 Å². The number of carbonyl (C=O) groups is 1. The molecule has 0 saturated carbocycles. The summed E-state index contributed by atoms with van der Waals surface area (Å²) in [6.45, 7) is 2.10. The predicted molar refractivity (Wildman–Crippen MR) is 46.6 cm³/mol. The Hall–Kier alpha value is -1.42. The van der Waals surface area contributed by atoms with Crippen molar-refractivity contribution in [2.45, 2.75) is 6.92 Å². The van der Waals surface area contributed by atoms with Gasteiger partial charge in [0.05, 0.1) is 6.54 Å². The molecule has 0 atom stereocenters. The number of hydrogen-bond acceptors (Lipinski definition) is 4. The standard InChI is InChI=1S/C8H11N3O/c1-7-2-3-8(10-6-7)11(9)4-5-12/h2-3,5-6H,4,9H2,1H3. The van der Waals surface area contributed by atoms with Crippen LogP contribution in [0.25, 0.3) is 0 Å². The summed E-state index contributed by atoms with van der Waals surface area (Å²) in [6, 6.07) is 3.67. The van der Waals surface area contributed by atoms with Gasteiger partial charge in [-0.3, -0.25) is 5.01 Å². The lowest BCUT2D eigenvalue weighted by Gasteiger charge is -2.13. The molecule has 4 nitrogen and oxygen atoms in total. The van der Waals surface area contributed by atoms with Gasteiger partial charge in [-0.05, 0) is 18.6 Å². The summed E-state index contributed by atoms with van der Waals surface area (Å²) < 4.78 is 0. The molecule has 0 fully saturated rings. The third kappa shape index (κ3) is 2.03. The number of aryl methyl sites for hydroxylation is 1. The molecular formula is C8H11N3O. The average molecular weight is 165 g/mol. The third-order valence-corrected chi connectivity index (χ3v) is 1.46. The summed E-state index contributed by atoms with van der Waals surface area (Å²) in [5, 5.41) is 1.30. The van der Waals surface area contributed by atoms with Crippen molar-refractivity contribution in [2.75, 3.05) is 11.6 Å². The largest absolute Gasteiger partial charge is 0.301 e. The smallest absolute Gasteiger partial charge is 0.142 e. The molecule has 1 aromatic rings. The second-order valence-corrected chi connectivity index (χ2v) is 2.51. The zero-order valence-corrected chi connectivity index (χ0v) is 6.90. The van der Waals surface area contributed by atoms with Crippen molar-refractivity contribution in [3.8, 4) is 0 Å². The second kappa shape index (κ2) is 3.82. The van der Waals surface area contributed by atoms with Crippen LogP contribution in [0.5, 0.6) is 0 Å². The molecule has 0 aliphatic rings. The Kier molecular flexibility index (Phi) is 2.76. The van der Waals surface area contributed by atoms with Crippen LogP contribution in [-0.4, -0.2) is 17.8 Å². The van der Waals surface area contributed by atoms with Gasteiger partial charge < -0.3 is 4.79 Å². The van der Waals surface area contributed by atoms with Crippen molar-refractivity contribution in [1.29, 1.82) is 0 Å². The summed E-state index contributed by atoms with van der Waals surface area (Å²) in [6.07, 6.45) is 2.45. The molecule has 0 aromatic carbocycles. The molecule has 1 heterocycles. The minimum atomic E-state index is 0.163. The Balaban J connectivity index is 2.74. The number of carbonyl (C=O) groups excluding carboxylic acids is 1. The van der Waals surface area contributed by atoms with Crippen LogP contribution in [0.15, 0.2) is 18.3 Å². The Morgan fingerprint density at radius 2 is 2.42 bits per heavy atom. The molecule has 0 spiro atoms. The van der Waals surface area contributed by atoms with Gasteiger partial charge in [0.25, 0.3) is 0 Å². The number of nitrogens with two attached hydrogens (primary N) is 1. The van der Waals surface area contributed by atoms with E-state index in [2.05, 4.69) is 4.98 Å². The number of anilines is 1. The second-order valence-electron chi connectivity index (χ2n) is 2.51. The van der Waals surface area contributed by atoms with E-state index in [0.717, 1.165) is 11.8 Å². The molecule has 1 rings (SSSR count). The van der Waals surface area contributed by atoms with Crippen LogP contribution in [0.2, 0.25) is 0 Å². The number of hydrazine groups is 1. The van der Waals surface area contributed by atoms with Crippen LogP contribution in [0.4, 0.5) is 5.82 Å². The fraction of sp³-hybridized carbons (Fsp3) is 0.250. The molecule has 0 aliphatic heterocycles. The van der Waals surface area contributed by atoms with Crippen molar-refractivity contribution in [2.24, 2.45) is 5.84 Å².